The van der Waals surface area contributed by atoms with Gasteiger partial charge in [0.05, 0.1) is 0 Å². The summed E-state index contributed by atoms with van der Waals surface area (Å²) in [6.45, 7) is 4.39. The first kappa shape index (κ1) is 12.9. The number of benzene rings is 1. The van der Waals surface area contributed by atoms with Gasteiger partial charge in [-0.2, -0.15) is 0 Å². The van der Waals surface area contributed by atoms with Gasteiger partial charge < -0.3 is 4.74 Å². The molecule has 0 N–H and O–H groups in total. The second-order valence-corrected chi connectivity index (χ2v) is 5.93. The van der Waals surface area contributed by atoms with Crippen molar-refractivity contribution in [2.24, 2.45) is 5.92 Å². The first-order chi connectivity index (χ1) is 8.20. The van der Waals surface area contributed by atoms with Crippen LogP contribution in [0.3, 0.4) is 0 Å². The lowest BCUT2D eigenvalue weighted by Crippen LogP contribution is -2.30. The number of aryl methyl sites for hydroxylation is 1. The minimum absolute atomic E-state index is 0.425. The molecule has 1 saturated carbocycles. The second-order valence-electron chi connectivity index (χ2n) is 5.02. The SMILES string of the molecule is CCC1CCCCC1Oc1ccc(Br)cc1C. The van der Waals surface area contributed by atoms with Crippen LogP contribution in [0.15, 0.2) is 22.7 Å². The van der Waals surface area contributed by atoms with Crippen LogP contribution in [0, 0.1) is 12.8 Å². The van der Waals surface area contributed by atoms with E-state index in [1.54, 1.807) is 0 Å². The highest BCUT2D eigenvalue weighted by atomic mass is 79.9. The van der Waals surface area contributed by atoms with E-state index in [1.165, 1.54) is 37.7 Å². The molecule has 0 spiro atoms. The standard InChI is InChI=1S/C15H21BrO/c1-3-12-6-4-5-7-15(12)17-14-9-8-13(16)10-11(14)2/h8-10,12,15H,3-7H2,1-2H3. The molecule has 0 amide bonds. The van der Waals surface area contributed by atoms with E-state index < -0.39 is 0 Å². The summed E-state index contributed by atoms with van der Waals surface area (Å²) >= 11 is 3.49. The van der Waals surface area contributed by atoms with Crippen LogP contribution in [0.4, 0.5) is 0 Å². The summed E-state index contributed by atoms with van der Waals surface area (Å²) in [5.41, 5.74) is 1.22. The second kappa shape index (κ2) is 5.90. The molecule has 2 rings (SSSR count). The Kier molecular flexibility index (Phi) is 4.49. The molecule has 0 saturated heterocycles. The fraction of sp³-hybridized carbons (Fsp3) is 0.600. The summed E-state index contributed by atoms with van der Waals surface area (Å²) in [6, 6.07) is 6.27. The van der Waals surface area contributed by atoms with Gasteiger partial charge in [-0.1, -0.05) is 29.3 Å². The van der Waals surface area contributed by atoms with Gasteiger partial charge in [-0.05, 0) is 62.3 Å². The highest BCUT2D eigenvalue weighted by Crippen LogP contribution is 2.32. The number of rotatable bonds is 3. The van der Waals surface area contributed by atoms with Gasteiger partial charge in [-0.15, -0.1) is 0 Å². The Morgan fingerprint density at radius 3 is 2.76 bits per heavy atom. The minimum atomic E-state index is 0.425. The third-order valence-corrected chi connectivity index (χ3v) is 4.27. The van der Waals surface area contributed by atoms with E-state index in [0.29, 0.717) is 6.10 Å². The van der Waals surface area contributed by atoms with Gasteiger partial charge in [0.15, 0.2) is 0 Å². The Bertz CT molecular complexity index is 375. The van der Waals surface area contributed by atoms with E-state index in [4.69, 9.17) is 4.74 Å². The van der Waals surface area contributed by atoms with E-state index in [0.717, 1.165) is 16.1 Å². The maximum atomic E-state index is 6.22. The third-order valence-electron chi connectivity index (χ3n) is 3.78. The molecule has 0 bridgehead atoms. The maximum absolute atomic E-state index is 6.22. The molecule has 2 atom stereocenters. The van der Waals surface area contributed by atoms with Gasteiger partial charge in [0.25, 0.3) is 0 Å². The van der Waals surface area contributed by atoms with Crippen LogP contribution in [0.25, 0.3) is 0 Å². The lowest BCUT2D eigenvalue weighted by atomic mass is 9.84. The predicted molar refractivity (Wildman–Crippen MR) is 75.5 cm³/mol. The summed E-state index contributed by atoms with van der Waals surface area (Å²) in [6.07, 6.45) is 6.90. The number of halogens is 1. The van der Waals surface area contributed by atoms with Crippen molar-refractivity contribution < 1.29 is 4.74 Å². The van der Waals surface area contributed by atoms with E-state index in [2.05, 4.69) is 48.0 Å². The molecule has 2 heteroatoms. The van der Waals surface area contributed by atoms with Crippen molar-refractivity contribution in [3.63, 3.8) is 0 Å². The fourth-order valence-electron chi connectivity index (χ4n) is 2.70. The number of ether oxygens (including phenoxy) is 1. The molecule has 1 nitrogen and oxygen atoms in total. The van der Waals surface area contributed by atoms with Crippen LogP contribution in [-0.2, 0) is 0 Å². The number of hydrogen-bond acceptors (Lipinski definition) is 1. The average Bonchev–Trinajstić information content (AvgIpc) is 2.33. The molecule has 0 aliphatic heterocycles. The largest absolute Gasteiger partial charge is 0.490 e. The first-order valence-corrected chi connectivity index (χ1v) is 7.43. The molecule has 2 unspecified atom stereocenters. The van der Waals surface area contributed by atoms with Gasteiger partial charge >= 0.3 is 0 Å². The minimum Gasteiger partial charge on any atom is -0.490 e. The van der Waals surface area contributed by atoms with Crippen LogP contribution in [0.2, 0.25) is 0 Å². The topological polar surface area (TPSA) is 9.23 Å². The lowest BCUT2D eigenvalue weighted by Gasteiger charge is -2.31. The van der Waals surface area contributed by atoms with Crippen LogP contribution >= 0.6 is 15.9 Å². The van der Waals surface area contributed by atoms with Crippen molar-refractivity contribution in [1.29, 1.82) is 0 Å². The van der Waals surface area contributed by atoms with E-state index in [-0.39, 0.29) is 0 Å². The molecular formula is C15H21BrO. The van der Waals surface area contributed by atoms with Crippen LogP contribution in [0.5, 0.6) is 5.75 Å². The Balaban J connectivity index is 2.08. The highest BCUT2D eigenvalue weighted by Gasteiger charge is 2.25. The molecule has 0 radical (unpaired) electrons. The zero-order valence-electron chi connectivity index (χ0n) is 10.7. The van der Waals surface area contributed by atoms with Gasteiger partial charge in [-0.25, -0.2) is 0 Å². The van der Waals surface area contributed by atoms with Crippen molar-refractivity contribution >= 4 is 15.9 Å². The smallest absolute Gasteiger partial charge is 0.122 e. The third kappa shape index (κ3) is 3.25. The first-order valence-electron chi connectivity index (χ1n) is 6.63. The predicted octanol–water partition coefficient (Wildman–Crippen LogP) is 5.11. The van der Waals surface area contributed by atoms with Gasteiger partial charge in [0.1, 0.15) is 11.9 Å². The van der Waals surface area contributed by atoms with Crippen molar-refractivity contribution in [1.82, 2.24) is 0 Å². The maximum Gasteiger partial charge on any atom is 0.122 e. The Hall–Kier alpha value is -0.500. The lowest BCUT2D eigenvalue weighted by molar-refractivity contribution is 0.0897. The average molecular weight is 297 g/mol. The Labute approximate surface area is 113 Å². The van der Waals surface area contributed by atoms with Crippen molar-refractivity contribution in [3.05, 3.63) is 28.2 Å². The molecule has 1 fully saturated rings. The van der Waals surface area contributed by atoms with Gasteiger partial charge in [0.2, 0.25) is 0 Å². The molecule has 0 heterocycles. The molecule has 94 valence electrons. The molecule has 1 aliphatic rings. The monoisotopic (exact) mass is 296 g/mol. The molecule has 1 aliphatic carbocycles. The molecule has 1 aromatic rings. The Morgan fingerprint density at radius 2 is 2.06 bits per heavy atom. The number of hydrogen-bond donors (Lipinski definition) is 0. The van der Waals surface area contributed by atoms with Crippen LogP contribution in [-0.4, -0.2) is 6.10 Å². The molecule has 17 heavy (non-hydrogen) atoms. The summed E-state index contributed by atoms with van der Waals surface area (Å²) in [7, 11) is 0. The summed E-state index contributed by atoms with van der Waals surface area (Å²) in [5.74, 6) is 1.80. The zero-order valence-corrected chi connectivity index (χ0v) is 12.3. The van der Waals surface area contributed by atoms with Gasteiger partial charge in [-0.3, -0.25) is 0 Å². The normalized spacial score (nSPS) is 24.6. The van der Waals surface area contributed by atoms with E-state index in [1.807, 2.05) is 0 Å². The van der Waals surface area contributed by atoms with Crippen molar-refractivity contribution in [2.45, 2.75) is 52.1 Å². The summed E-state index contributed by atoms with van der Waals surface area (Å²) in [5, 5.41) is 0. The molecule has 1 aromatic carbocycles. The van der Waals surface area contributed by atoms with Gasteiger partial charge in [0, 0.05) is 4.47 Å². The summed E-state index contributed by atoms with van der Waals surface area (Å²) < 4.78 is 7.35. The molecule has 0 aromatic heterocycles. The highest BCUT2D eigenvalue weighted by molar-refractivity contribution is 9.10. The zero-order chi connectivity index (χ0) is 12.3. The quantitative estimate of drug-likeness (QED) is 0.753. The van der Waals surface area contributed by atoms with E-state index in [9.17, 15) is 0 Å². The van der Waals surface area contributed by atoms with Crippen LogP contribution < -0.4 is 4.74 Å². The fourth-order valence-corrected chi connectivity index (χ4v) is 3.18. The Morgan fingerprint density at radius 1 is 1.29 bits per heavy atom. The van der Waals surface area contributed by atoms with Crippen molar-refractivity contribution in [3.8, 4) is 5.75 Å². The summed E-state index contributed by atoms with van der Waals surface area (Å²) in [4.78, 5) is 0. The van der Waals surface area contributed by atoms with Crippen LogP contribution in [0.1, 0.15) is 44.6 Å². The van der Waals surface area contributed by atoms with E-state index >= 15 is 0 Å². The van der Waals surface area contributed by atoms with Crippen molar-refractivity contribution in [2.75, 3.05) is 0 Å². The molecular weight excluding hydrogens is 276 g/mol.